The van der Waals surface area contributed by atoms with Gasteiger partial charge in [0.15, 0.2) is 0 Å². The van der Waals surface area contributed by atoms with E-state index in [0.29, 0.717) is 6.54 Å². The molecule has 0 aliphatic carbocycles. The molecule has 0 saturated heterocycles. The van der Waals surface area contributed by atoms with Crippen LogP contribution >= 0.6 is 15.9 Å². The third kappa shape index (κ3) is 3.70. The highest BCUT2D eigenvalue weighted by Gasteiger charge is 2.16. The number of carbonyl (C=O) groups is 1. The monoisotopic (exact) mass is 336 g/mol. The molecule has 0 unspecified atom stereocenters. The number of alkyl carbamates (subject to hydrolysis) is 1. The molecule has 4 nitrogen and oxygen atoms in total. The zero-order valence-corrected chi connectivity index (χ0v) is 13.3. The molecule has 1 amide bonds. The van der Waals surface area contributed by atoms with Gasteiger partial charge in [0.05, 0.1) is 5.52 Å². The summed E-state index contributed by atoms with van der Waals surface area (Å²) < 4.78 is 6.20. The zero-order valence-electron chi connectivity index (χ0n) is 11.7. The van der Waals surface area contributed by atoms with E-state index in [4.69, 9.17) is 4.74 Å². The van der Waals surface area contributed by atoms with Crippen molar-refractivity contribution in [2.75, 3.05) is 0 Å². The summed E-state index contributed by atoms with van der Waals surface area (Å²) in [5.41, 5.74) is 1.33. The Hall–Kier alpha value is -1.62. The summed E-state index contributed by atoms with van der Waals surface area (Å²) in [7, 11) is 0. The van der Waals surface area contributed by atoms with Gasteiger partial charge in [-0.2, -0.15) is 0 Å². The number of halogens is 1. The number of hydrogen-bond acceptors (Lipinski definition) is 3. The minimum Gasteiger partial charge on any atom is -0.444 e. The molecule has 0 atom stereocenters. The van der Waals surface area contributed by atoms with Crippen LogP contribution < -0.4 is 5.32 Å². The molecule has 5 heteroatoms. The zero-order chi connectivity index (χ0) is 14.8. The lowest BCUT2D eigenvalue weighted by Crippen LogP contribution is -2.32. The Labute approximate surface area is 126 Å². The van der Waals surface area contributed by atoms with Crippen molar-refractivity contribution in [2.45, 2.75) is 32.9 Å². The number of benzene rings is 1. The maximum Gasteiger partial charge on any atom is 0.407 e. The summed E-state index contributed by atoms with van der Waals surface area (Å²) in [6, 6.07) is 7.77. The Morgan fingerprint density at radius 1 is 1.35 bits per heavy atom. The van der Waals surface area contributed by atoms with Gasteiger partial charge in [-0.15, -0.1) is 0 Å². The molecule has 0 aliphatic heterocycles. The van der Waals surface area contributed by atoms with E-state index in [1.807, 2.05) is 45.0 Å². The second-order valence-electron chi connectivity index (χ2n) is 5.46. The number of nitrogens with one attached hydrogen (secondary N) is 1. The van der Waals surface area contributed by atoms with E-state index in [-0.39, 0.29) is 0 Å². The third-order valence-electron chi connectivity index (χ3n) is 2.62. The van der Waals surface area contributed by atoms with Crippen LogP contribution in [0.15, 0.2) is 34.9 Å². The SMILES string of the molecule is CC(C)(C)OC(=O)NCc1ccc(Br)c2cccnc12. The molecule has 2 rings (SSSR count). The number of amides is 1. The van der Waals surface area contributed by atoms with Crippen molar-refractivity contribution in [3.05, 3.63) is 40.5 Å². The van der Waals surface area contributed by atoms with Gasteiger partial charge in [-0.25, -0.2) is 4.79 Å². The predicted octanol–water partition coefficient (Wildman–Crippen LogP) is 4.02. The van der Waals surface area contributed by atoms with Gasteiger partial charge in [0, 0.05) is 22.6 Å². The van der Waals surface area contributed by atoms with Crippen molar-refractivity contribution in [3.8, 4) is 0 Å². The van der Waals surface area contributed by atoms with Gasteiger partial charge in [0.1, 0.15) is 5.60 Å². The van der Waals surface area contributed by atoms with E-state index in [2.05, 4.69) is 26.2 Å². The van der Waals surface area contributed by atoms with Crippen molar-refractivity contribution in [1.29, 1.82) is 0 Å². The molecule has 0 radical (unpaired) electrons. The van der Waals surface area contributed by atoms with Crippen LogP contribution in [0, 0.1) is 0 Å². The van der Waals surface area contributed by atoms with Crippen molar-refractivity contribution < 1.29 is 9.53 Å². The summed E-state index contributed by atoms with van der Waals surface area (Å²) in [5.74, 6) is 0. The molecule has 106 valence electrons. The van der Waals surface area contributed by atoms with Crippen molar-refractivity contribution >= 4 is 32.9 Å². The fourth-order valence-electron chi connectivity index (χ4n) is 1.82. The maximum atomic E-state index is 11.7. The Morgan fingerprint density at radius 2 is 2.10 bits per heavy atom. The average molecular weight is 337 g/mol. The van der Waals surface area contributed by atoms with Gasteiger partial charge >= 0.3 is 6.09 Å². The number of nitrogens with zero attached hydrogens (tertiary/aromatic N) is 1. The summed E-state index contributed by atoms with van der Waals surface area (Å²) in [4.78, 5) is 16.0. The number of ether oxygens (including phenoxy) is 1. The molecule has 0 spiro atoms. The highest BCUT2D eigenvalue weighted by Crippen LogP contribution is 2.25. The van der Waals surface area contributed by atoms with E-state index in [9.17, 15) is 4.79 Å². The van der Waals surface area contributed by atoms with E-state index in [1.54, 1.807) is 6.20 Å². The highest BCUT2D eigenvalue weighted by atomic mass is 79.9. The number of rotatable bonds is 2. The minimum absolute atomic E-state index is 0.385. The predicted molar refractivity (Wildman–Crippen MR) is 82.5 cm³/mol. The Kier molecular flexibility index (Phi) is 4.28. The molecule has 1 aromatic carbocycles. The minimum atomic E-state index is -0.496. The number of carbonyl (C=O) groups excluding carboxylic acids is 1. The van der Waals surface area contributed by atoms with E-state index in [0.717, 1.165) is 20.9 Å². The lowest BCUT2D eigenvalue weighted by Gasteiger charge is -2.19. The van der Waals surface area contributed by atoms with Gasteiger partial charge in [-0.05, 0) is 38.5 Å². The molecule has 0 saturated carbocycles. The first-order chi connectivity index (χ1) is 9.37. The quantitative estimate of drug-likeness (QED) is 0.900. The normalized spacial score (nSPS) is 11.4. The van der Waals surface area contributed by atoms with Gasteiger partial charge in [0.2, 0.25) is 0 Å². The highest BCUT2D eigenvalue weighted by molar-refractivity contribution is 9.10. The van der Waals surface area contributed by atoms with Crippen LogP contribution in [-0.2, 0) is 11.3 Å². The van der Waals surface area contributed by atoms with Crippen LogP contribution in [0.3, 0.4) is 0 Å². The van der Waals surface area contributed by atoms with Crippen molar-refractivity contribution in [3.63, 3.8) is 0 Å². The van der Waals surface area contributed by atoms with Crippen LogP contribution in [0.4, 0.5) is 4.79 Å². The summed E-state index contributed by atoms with van der Waals surface area (Å²) >= 11 is 3.50. The van der Waals surface area contributed by atoms with Gasteiger partial charge in [0.25, 0.3) is 0 Å². The summed E-state index contributed by atoms with van der Waals surface area (Å²) in [6.07, 6.45) is 1.32. The van der Waals surface area contributed by atoms with Gasteiger partial charge in [-0.1, -0.05) is 28.1 Å². The lowest BCUT2D eigenvalue weighted by molar-refractivity contribution is 0.0524. The van der Waals surface area contributed by atoms with Crippen LogP contribution in [0.5, 0.6) is 0 Å². The molecule has 1 N–H and O–H groups in total. The molecule has 0 fully saturated rings. The first kappa shape index (κ1) is 14.8. The van der Waals surface area contributed by atoms with Crippen LogP contribution in [0.1, 0.15) is 26.3 Å². The second kappa shape index (κ2) is 5.79. The Bertz CT molecular complexity index is 635. The average Bonchev–Trinajstić information content (AvgIpc) is 2.36. The first-order valence-corrected chi connectivity index (χ1v) is 7.15. The maximum absolute atomic E-state index is 11.7. The van der Waals surface area contributed by atoms with Crippen molar-refractivity contribution in [1.82, 2.24) is 10.3 Å². The molecular formula is C15H17BrN2O2. The fraction of sp³-hybridized carbons (Fsp3) is 0.333. The molecule has 1 heterocycles. The molecule has 0 bridgehead atoms. The third-order valence-corrected chi connectivity index (χ3v) is 3.31. The number of pyridine rings is 1. The molecule has 0 aliphatic rings. The number of hydrogen-bond donors (Lipinski definition) is 1. The smallest absolute Gasteiger partial charge is 0.407 e. The molecule has 20 heavy (non-hydrogen) atoms. The van der Waals surface area contributed by atoms with E-state index >= 15 is 0 Å². The summed E-state index contributed by atoms with van der Waals surface area (Å²) in [6.45, 7) is 5.89. The van der Waals surface area contributed by atoms with E-state index in [1.165, 1.54) is 0 Å². The largest absolute Gasteiger partial charge is 0.444 e. The fourth-order valence-corrected chi connectivity index (χ4v) is 2.27. The van der Waals surface area contributed by atoms with Crippen molar-refractivity contribution in [2.24, 2.45) is 0 Å². The lowest BCUT2D eigenvalue weighted by atomic mass is 10.1. The Balaban J connectivity index is 2.15. The van der Waals surface area contributed by atoms with Crippen LogP contribution in [0.25, 0.3) is 10.9 Å². The standard InChI is InChI=1S/C15H17BrN2O2/c1-15(2,3)20-14(19)18-9-10-6-7-12(16)11-5-4-8-17-13(10)11/h4-8H,9H2,1-3H3,(H,18,19). The van der Waals surface area contributed by atoms with Gasteiger partial charge < -0.3 is 10.1 Å². The second-order valence-corrected chi connectivity index (χ2v) is 6.32. The number of fused-ring (bicyclic) bond motifs is 1. The van der Waals surface area contributed by atoms with E-state index < -0.39 is 11.7 Å². The molecule has 1 aromatic heterocycles. The van der Waals surface area contributed by atoms with Gasteiger partial charge in [-0.3, -0.25) is 4.98 Å². The Morgan fingerprint density at radius 3 is 2.80 bits per heavy atom. The van der Waals surface area contributed by atoms with Crippen LogP contribution in [-0.4, -0.2) is 16.7 Å². The first-order valence-electron chi connectivity index (χ1n) is 6.36. The number of aromatic nitrogens is 1. The molecule has 2 aromatic rings. The summed E-state index contributed by atoms with van der Waals surface area (Å²) in [5, 5.41) is 3.77. The molecular weight excluding hydrogens is 320 g/mol. The topological polar surface area (TPSA) is 51.2 Å². The van der Waals surface area contributed by atoms with Crippen LogP contribution in [0.2, 0.25) is 0 Å².